The molecule has 2 N–H and O–H groups in total. The molecule has 0 aliphatic carbocycles. The molecular formula is C48H37BrN4O4. The van der Waals surface area contributed by atoms with E-state index in [0.717, 1.165) is 117 Å². The second kappa shape index (κ2) is 15.0. The summed E-state index contributed by atoms with van der Waals surface area (Å²) in [5.41, 5.74) is 14.5. The summed E-state index contributed by atoms with van der Waals surface area (Å²) in [6.45, 7) is 0. The molecule has 4 aromatic carbocycles. The number of fused-ring (bicyclic) bond motifs is 8. The van der Waals surface area contributed by atoms with Gasteiger partial charge in [0.05, 0.1) is 56.7 Å². The minimum absolute atomic E-state index is 0.770. The molecule has 5 heterocycles. The molecule has 57 heavy (non-hydrogen) atoms. The summed E-state index contributed by atoms with van der Waals surface area (Å²) in [4.78, 5) is 18.4. The molecule has 7 aromatic rings. The van der Waals surface area contributed by atoms with Crippen molar-refractivity contribution in [3.05, 3.63) is 143 Å². The average Bonchev–Trinajstić information content (AvgIpc) is 4.09. The molecule has 0 spiro atoms. The molecule has 0 saturated carbocycles. The van der Waals surface area contributed by atoms with Crippen molar-refractivity contribution >= 4 is 62.3 Å². The number of halogens is 1. The molecule has 3 aromatic heterocycles. The first-order valence-corrected chi connectivity index (χ1v) is 19.2. The maximum atomic E-state index is 5.54. The van der Waals surface area contributed by atoms with E-state index < -0.39 is 0 Å². The highest BCUT2D eigenvalue weighted by Crippen LogP contribution is 2.41. The Morgan fingerprint density at radius 2 is 0.702 bits per heavy atom. The van der Waals surface area contributed by atoms with Gasteiger partial charge in [-0.15, -0.1) is 0 Å². The standard InChI is InChI=1S/C48H37BrN4O4/c1-54-32-13-5-28(6-14-32)44-37-21-22-38(50-37)45(29-7-15-33(55-2)16-8-29)40-25-26-42(52-40)47(31-11-19-35(57-4)20-12-31)48-36(49)27-43(53-48)46(41-24-23-39(44)51-41)30-9-17-34(56-3)18-10-30/h5-27,50,53H,1-4H3. The summed E-state index contributed by atoms with van der Waals surface area (Å²) in [6.07, 6.45) is 8.34. The number of methoxy groups -OCH3 is 4. The predicted octanol–water partition coefficient (Wildman–Crippen LogP) is 12.1. The van der Waals surface area contributed by atoms with Crippen molar-refractivity contribution in [2.75, 3.05) is 28.4 Å². The topological polar surface area (TPSA) is 94.3 Å². The van der Waals surface area contributed by atoms with Gasteiger partial charge in [0.1, 0.15) is 23.0 Å². The summed E-state index contributed by atoms with van der Waals surface area (Å²) in [7, 11) is 6.70. The highest BCUT2D eigenvalue weighted by molar-refractivity contribution is 9.10. The molecule has 0 amide bonds. The molecule has 0 saturated heterocycles. The van der Waals surface area contributed by atoms with E-state index in [2.05, 4.69) is 117 Å². The number of aromatic amines is 2. The highest BCUT2D eigenvalue weighted by atomic mass is 79.9. The summed E-state index contributed by atoms with van der Waals surface area (Å²) >= 11 is 3.97. The third-order valence-electron chi connectivity index (χ3n) is 10.3. The van der Waals surface area contributed by atoms with Gasteiger partial charge >= 0.3 is 0 Å². The van der Waals surface area contributed by atoms with Gasteiger partial charge < -0.3 is 28.9 Å². The molecule has 9 heteroatoms. The SMILES string of the molecule is COc1ccc(-c2c3nc(c(-c4ccc(OC)cc4)c4cc(Br)c([nH]4)c(-c4ccc(OC)cc4)c4nc(c(-c5ccc(OC)cc5)c5ccc2[nH]5)C=C4)C=C3)cc1. The van der Waals surface area contributed by atoms with Gasteiger partial charge in [0.25, 0.3) is 0 Å². The van der Waals surface area contributed by atoms with Crippen LogP contribution < -0.4 is 18.9 Å². The van der Waals surface area contributed by atoms with Crippen molar-refractivity contribution in [3.63, 3.8) is 0 Å². The zero-order chi connectivity index (χ0) is 39.0. The Bertz CT molecular complexity index is 2870. The van der Waals surface area contributed by atoms with E-state index in [1.165, 1.54) is 0 Å². The average molecular weight is 814 g/mol. The van der Waals surface area contributed by atoms with Crippen LogP contribution in [0.3, 0.4) is 0 Å². The Morgan fingerprint density at radius 1 is 0.386 bits per heavy atom. The Hall–Kier alpha value is -6.84. The van der Waals surface area contributed by atoms with Crippen LogP contribution in [0.25, 0.3) is 90.9 Å². The summed E-state index contributed by atoms with van der Waals surface area (Å²) < 4.78 is 23.0. The number of nitrogens with zero attached hydrogens (tertiary/aromatic N) is 2. The lowest BCUT2D eigenvalue weighted by Gasteiger charge is -2.08. The number of hydrogen-bond acceptors (Lipinski definition) is 6. The van der Waals surface area contributed by atoms with Crippen molar-refractivity contribution in [3.8, 4) is 67.5 Å². The van der Waals surface area contributed by atoms with Gasteiger partial charge in [0, 0.05) is 43.3 Å². The number of H-pyrrole nitrogens is 2. The van der Waals surface area contributed by atoms with Gasteiger partial charge in [-0.3, -0.25) is 0 Å². The van der Waals surface area contributed by atoms with Gasteiger partial charge in [-0.1, -0.05) is 48.5 Å². The fraction of sp³-hybridized carbons (Fsp3) is 0.0833. The van der Waals surface area contributed by atoms with Crippen LogP contribution in [0.15, 0.2) is 120 Å². The predicted molar refractivity (Wildman–Crippen MR) is 235 cm³/mol. The Morgan fingerprint density at radius 3 is 1.05 bits per heavy atom. The molecule has 8 bridgehead atoms. The van der Waals surface area contributed by atoms with Crippen LogP contribution in [0, 0.1) is 0 Å². The molecule has 0 unspecified atom stereocenters. The molecule has 280 valence electrons. The van der Waals surface area contributed by atoms with Gasteiger partial charge in [0.15, 0.2) is 0 Å². The lowest BCUT2D eigenvalue weighted by atomic mass is 10.0. The number of aromatic nitrogens is 4. The zero-order valence-electron chi connectivity index (χ0n) is 31.7. The van der Waals surface area contributed by atoms with E-state index in [1.807, 2.05) is 48.5 Å². The van der Waals surface area contributed by atoms with Crippen LogP contribution in [-0.4, -0.2) is 48.4 Å². The van der Waals surface area contributed by atoms with Crippen molar-refractivity contribution < 1.29 is 18.9 Å². The lowest BCUT2D eigenvalue weighted by Crippen LogP contribution is -1.90. The van der Waals surface area contributed by atoms with Crippen molar-refractivity contribution in [1.29, 1.82) is 0 Å². The van der Waals surface area contributed by atoms with E-state index in [4.69, 9.17) is 28.9 Å². The minimum Gasteiger partial charge on any atom is -0.497 e. The van der Waals surface area contributed by atoms with E-state index in [0.29, 0.717) is 0 Å². The first-order valence-electron chi connectivity index (χ1n) is 18.4. The smallest absolute Gasteiger partial charge is 0.118 e. The van der Waals surface area contributed by atoms with Crippen molar-refractivity contribution in [1.82, 2.24) is 19.9 Å². The zero-order valence-corrected chi connectivity index (χ0v) is 33.3. The monoisotopic (exact) mass is 812 g/mol. The van der Waals surface area contributed by atoms with Crippen LogP contribution in [-0.2, 0) is 0 Å². The number of rotatable bonds is 8. The summed E-state index contributed by atoms with van der Waals surface area (Å²) in [5, 5.41) is 0. The maximum absolute atomic E-state index is 5.54. The highest BCUT2D eigenvalue weighted by Gasteiger charge is 2.20. The van der Waals surface area contributed by atoms with Crippen LogP contribution in [0.5, 0.6) is 23.0 Å². The second-order valence-corrected chi connectivity index (χ2v) is 14.4. The molecule has 0 atom stereocenters. The van der Waals surface area contributed by atoms with Gasteiger partial charge in [-0.2, -0.15) is 0 Å². The Kier molecular flexibility index (Phi) is 9.44. The lowest BCUT2D eigenvalue weighted by molar-refractivity contribution is 0.415. The van der Waals surface area contributed by atoms with Gasteiger partial charge in [-0.05, 0) is 129 Å². The minimum atomic E-state index is 0.770. The first kappa shape index (κ1) is 35.8. The second-order valence-electron chi connectivity index (χ2n) is 13.5. The van der Waals surface area contributed by atoms with Crippen LogP contribution in [0.2, 0.25) is 0 Å². The quantitative estimate of drug-likeness (QED) is 0.159. The summed E-state index contributed by atoms with van der Waals surface area (Å²) in [6, 6.07) is 38.7. The van der Waals surface area contributed by atoms with E-state index in [1.54, 1.807) is 28.4 Å². The Balaban J connectivity index is 1.46. The largest absolute Gasteiger partial charge is 0.497 e. The first-order chi connectivity index (χ1) is 27.9. The van der Waals surface area contributed by atoms with Crippen LogP contribution >= 0.6 is 15.9 Å². The van der Waals surface area contributed by atoms with Crippen LogP contribution in [0.4, 0.5) is 0 Å². The number of hydrogen-bond donors (Lipinski definition) is 2. The van der Waals surface area contributed by atoms with E-state index in [-0.39, 0.29) is 0 Å². The van der Waals surface area contributed by atoms with Gasteiger partial charge in [-0.25, -0.2) is 9.97 Å². The molecule has 2 aliphatic heterocycles. The van der Waals surface area contributed by atoms with Crippen LogP contribution in [0.1, 0.15) is 22.8 Å². The van der Waals surface area contributed by atoms with Crippen molar-refractivity contribution in [2.24, 2.45) is 0 Å². The molecule has 9 rings (SSSR count). The number of ether oxygens (including phenoxy) is 4. The maximum Gasteiger partial charge on any atom is 0.118 e. The molecular weight excluding hydrogens is 776 g/mol. The van der Waals surface area contributed by atoms with Crippen molar-refractivity contribution in [2.45, 2.75) is 0 Å². The molecule has 0 fully saturated rings. The third kappa shape index (κ3) is 6.66. The molecule has 8 nitrogen and oxygen atoms in total. The van der Waals surface area contributed by atoms with E-state index in [9.17, 15) is 0 Å². The third-order valence-corrected chi connectivity index (χ3v) is 11.0. The summed E-state index contributed by atoms with van der Waals surface area (Å²) in [5.74, 6) is 3.09. The molecule has 0 radical (unpaired) electrons. The van der Waals surface area contributed by atoms with Gasteiger partial charge in [0.2, 0.25) is 0 Å². The number of nitrogens with one attached hydrogen (secondary N) is 2. The Labute approximate surface area is 338 Å². The number of benzene rings is 4. The molecule has 2 aliphatic rings. The normalized spacial score (nSPS) is 11.8. The van der Waals surface area contributed by atoms with E-state index >= 15 is 0 Å². The fourth-order valence-corrected chi connectivity index (χ4v) is 8.02. The fourth-order valence-electron chi connectivity index (χ4n) is 7.49.